The first-order valence-corrected chi connectivity index (χ1v) is 11.9. The SMILES string of the molecule is CCOC(Cc1ccc(OCCc2csc(-c3ccc(C(C)C)cc3)n2)cc1C)C(=O)O. The topological polar surface area (TPSA) is 68.7 Å². The van der Waals surface area contributed by atoms with Crippen molar-refractivity contribution in [2.45, 2.75) is 52.6 Å². The van der Waals surface area contributed by atoms with E-state index in [9.17, 15) is 9.90 Å². The largest absolute Gasteiger partial charge is 0.493 e. The number of carboxylic acid groups (broad SMARTS) is 1. The van der Waals surface area contributed by atoms with Crippen molar-refractivity contribution in [1.29, 1.82) is 0 Å². The molecule has 0 bridgehead atoms. The summed E-state index contributed by atoms with van der Waals surface area (Å²) >= 11 is 1.65. The fourth-order valence-electron chi connectivity index (χ4n) is 3.44. The summed E-state index contributed by atoms with van der Waals surface area (Å²) in [5.41, 5.74) is 5.44. The van der Waals surface area contributed by atoms with E-state index in [4.69, 9.17) is 14.5 Å². The molecular formula is C26H31NO4S. The van der Waals surface area contributed by atoms with Gasteiger partial charge in [0.25, 0.3) is 0 Å². The van der Waals surface area contributed by atoms with Gasteiger partial charge in [-0.2, -0.15) is 0 Å². The summed E-state index contributed by atoms with van der Waals surface area (Å²) in [6, 6.07) is 14.4. The van der Waals surface area contributed by atoms with Crippen LogP contribution in [-0.2, 0) is 22.4 Å². The highest BCUT2D eigenvalue weighted by Crippen LogP contribution is 2.26. The summed E-state index contributed by atoms with van der Waals surface area (Å²) in [4.78, 5) is 16.1. The molecule has 0 radical (unpaired) electrons. The molecule has 3 rings (SSSR count). The molecule has 5 nitrogen and oxygen atoms in total. The van der Waals surface area contributed by atoms with E-state index in [2.05, 4.69) is 43.5 Å². The highest BCUT2D eigenvalue weighted by molar-refractivity contribution is 7.13. The molecule has 0 aliphatic carbocycles. The van der Waals surface area contributed by atoms with Gasteiger partial charge in [-0.05, 0) is 48.6 Å². The van der Waals surface area contributed by atoms with Gasteiger partial charge in [0.05, 0.1) is 12.3 Å². The summed E-state index contributed by atoms with van der Waals surface area (Å²) in [5.74, 6) is 0.355. The number of aryl methyl sites for hydroxylation is 1. The molecule has 1 N–H and O–H groups in total. The van der Waals surface area contributed by atoms with Crippen molar-refractivity contribution in [2.24, 2.45) is 0 Å². The summed E-state index contributed by atoms with van der Waals surface area (Å²) in [5, 5.41) is 12.4. The molecule has 2 aromatic carbocycles. The molecule has 0 saturated heterocycles. The van der Waals surface area contributed by atoms with Crippen LogP contribution in [0, 0.1) is 6.92 Å². The molecule has 1 heterocycles. The van der Waals surface area contributed by atoms with Crippen molar-refractivity contribution in [3.05, 3.63) is 70.2 Å². The predicted molar refractivity (Wildman–Crippen MR) is 129 cm³/mol. The van der Waals surface area contributed by atoms with E-state index >= 15 is 0 Å². The molecule has 1 unspecified atom stereocenters. The molecule has 0 spiro atoms. The van der Waals surface area contributed by atoms with Crippen molar-refractivity contribution < 1.29 is 19.4 Å². The Bertz CT molecular complexity index is 1030. The maximum atomic E-state index is 11.3. The zero-order valence-electron chi connectivity index (χ0n) is 19.1. The smallest absolute Gasteiger partial charge is 0.333 e. The number of aliphatic carboxylic acids is 1. The van der Waals surface area contributed by atoms with Gasteiger partial charge in [-0.1, -0.05) is 44.2 Å². The van der Waals surface area contributed by atoms with Crippen LogP contribution in [0.15, 0.2) is 47.8 Å². The quantitative estimate of drug-likeness (QED) is 0.392. The van der Waals surface area contributed by atoms with E-state index in [1.807, 2.05) is 25.1 Å². The molecule has 0 saturated carbocycles. The number of carbonyl (C=O) groups is 1. The minimum Gasteiger partial charge on any atom is -0.493 e. The zero-order chi connectivity index (χ0) is 23.1. The second-order valence-corrected chi connectivity index (χ2v) is 8.95. The number of ether oxygens (including phenoxy) is 2. The van der Waals surface area contributed by atoms with Crippen molar-refractivity contribution in [3.63, 3.8) is 0 Å². The van der Waals surface area contributed by atoms with Gasteiger partial charge in [0.2, 0.25) is 0 Å². The maximum Gasteiger partial charge on any atom is 0.333 e. The standard InChI is InChI=1S/C26H31NO4S/c1-5-30-24(26(28)29)15-21-10-11-23(14-18(21)4)31-13-12-22-16-32-25(27-22)20-8-6-19(7-9-20)17(2)3/h6-11,14,16-17,24H,5,12-13,15H2,1-4H3,(H,28,29). The van der Waals surface area contributed by atoms with Gasteiger partial charge in [0.1, 0.15) is 10.8 Å². The normalized spacial score (nSPS) is 12.2. The highest BCUT2D eigenvalue weighted by atomic mass is 32.1. The molecule has 170 valence electrons. The molecule has 0 aliphatic rings. The maximum absolute atomic E-state index is 11.3. The fraction of sp³-hybridized carbons (Fsp3) is 0.385. The van der Waals surface area contributed by atoms with Crippen LogP contribution in [0.25, 0.3) is 10.6 Å². The molecule has 1 aromatic heterocycles. The van der Waals surface area contributed by atoms with Crippen LogP contribution < -0.4 is 4.74 Å². The van der Waals surface area contributed by atoms with Gasteiger partial charge >= 0.3 is 5.97 Å². The molecule has 0 aliphatic heterocycles. The fourth-order valence-corrected chi connectivity index (χ4v) is 4.30. The summed E-state index contributed by atoms with van der Waals surface area (Å²) < 4.78 is 11.2. The van der Waals surface area contributed by atoms with E-state index < -0.39 is 12.1 Å². The van der Waals surface area contributed by atoms with Crippen molar-refractivity contribution in [2.75, 3.05) is 13.2 Å². The number of aromatic nitrogens is 1. The van der Waals surface area contributed by atoms with Crippen LogP contribution in [-0.4, -0.2) is 35.4 Å². The lowest BCUT2D eigenvalue weighted by molar-refractivity contribution is -0.149. The first-order chi connectivity index (χ1) is 15.4. The van der Waals surface area contributed by atoms with Crippen LogP contribution in [0.5, 0.6) is 5.75 Å². The van der Waals surface area contributed by atoms with Crippen LogP contribution in [0.1, 0.15) is 49.1 Å². The minimum atomic E-state index is -0.940. The number of benzene rings is 2. The summed E-state index contributed by atoms with van der Waals surface area (Å²) in [6.07, 6.45) is 0.243. The Kier molecular flexibility index (Phi) is 8.42. The van der Waals surface area contributed by atoms with Crippen molar-refractivity contribution in [3.8, 4) is 16.3 Å². The van der Waals surface area contributed by atoms with Gasteiger partial charge in [-0.15, -0.1) is 11.3 Å². The molecule has 0 amide bonds. The lowest BCUT2D eigenvalue weighted by Gasteiger charge is -2.15. The Labute approximate surface area is 194 Å². The number of hydrogen-bond donors (Lipinski definition) is 1. The average Bonchev–Trinajstić information content (AvgIpc) is 3.24. The summed E-state index contributed by atoms with van der Waals surface area (Å²) in [7, 11) is 0. The third-order valence-corrected chi connectivity index (χ3v) is 6.31. The highest BCUT2D eigenvalue weighted by Gasteiger charge is 2.19. The van der Waals surface area contributed by atoms with Crippen molar-refractivity contribution >= 4 is 17.3 Å². The number of rotatable bonds is 11. The van der Waals surface area contributed by atoms with E-state index in [-0.39, 0.29) is 0 Å². The monoisotopic (exact) mass is 453 g/mol. The van der Waals surface area contributed by atoms with Crippen LogP contribution in [0.2, 0.25) is 0 Å². The lowest BCUT2D eigenvalue weighted by atomic mass is 10.0. The van der Waals surface area contributed by atoms with E-state index in [1.54, 1.807) is 18.3 Å². The van der Waals surface area contributed by atoms with Gasteiger partial charge in [0.15, 0.2) is 6.10 Å². The first kappa shape index (κ1) is 24.0. The van der Waals surface area contributed by atoms with Gasteiger partial charge in [-0.3, -0.25) is 0 Å². The van der Waals surface area contributed by atoms with Gasteiger partial charge in [0, 0.05) is 30.4 Å². The van der Waals surface area contributed by atoms with E-state index in [0.717, 1.165) is 39.6 Å². The third kappa shape index (κ3) is 6.40. The van der Waals surface area contributed by atoms with Crippen LogP contribution in [0.4, 0.5) is 0 Å². The average molecular weight is 454 g/mol. The Morgan fingerprint density at radius 2 is 1.91 bits per heavy atom. The Balaban J connectivity index is 1.54. The summed E-state index contributed by atoms with van der Waals surface area (Å²) in [6.45, 7) is 9.06. The first-order valence-electron chi connectivity index (χ1n) is 11.0. The molecule has 32 heavy (non-hydrogen) atoms. The van der Waals surface area contributed by atoms with Crippen LogP contribution >= 0.6 is 11.3 Å². The molecule has 6 heteroatoms. The third-order valence-electron chi connectivity index (χ3n) is 5.37. The number of hydrogen-bond acceptors (Lipinski definition) is 5. The van der Waals surface area contributed by atoms with Crippen LogP contribution in [0.3, 0.4) is 0 Å². The number of nitrogens with zero attached hydrogens (tertiary/aromatic N) is 1. The Morgan fingerprint density at radius 3 is 2.53 bits per heavy atom. The lowest BCUT2D eigenvalue weighted by Crippen LogP contribution is -2.26. The second kappa shape index (κ2) is 11.2. The number of thiazole rings is 1. The minimum absolute atomic E-state index is 0.342. The Morgan fingerprint density at radius 1 is 1.16 bits per heavy atom. The predicted octanol–water partition coefficient (Wildman–Crippen LogP) is 5.90. The van der Waals surface area contributed by atoms with Crippen molar-refractivity contribution in [1.82, 2.24) is 4.98 Å². The molecule has 1 atom stereocenters. The Hall–Kier alpha value is -2.70. The van der Waals surface area contributed by atoms with E-state index in [1.165, 1.54) is 5.56 Å². The van der Waals surface area contributed by atoms with Gasteiger partial charge in [-0.25, -0.2) is 9.78 Å². The van der Waals surface area contributed by atoms with E-state index in [0.29, 0.717) is 25.6 Å². The molecule has 3 aromatic rings. The number of carboxylic acids is 1. The zero-order valence-corrected chi connectivity index (χ0v) is 19.9. The van der Waals surface area contributed by atoms with Gasteiger partial charge < -0.3 is 14.6 Å². The molecule has 0 fully saturated rings. The second-order valence-electron chi connectivity index (χ2n) is 8.09. The molecular weight excluding hydrogens is 422 g/mol.